The minimum atomic E-state index is -3.64. The summed E-state index contributed by atoms with van der Waals surface area (Å²) in [4.78, 5) is 16.8. The van der Waals surface area contributed by atoms with Crippen molar-refractivity contribution in [3.8, 4) is 0 Å². The Morgan fingerprint density at radius 2 is 1.66 bits per heavy atom. The van der Waals surface area contributed by atoms with Crippen molar-refractivity contribution in [3.63, 3.8) is 0 Å². The van der Waals surface area contributed by atoms with E-state index >= 15 is 0 Å². The van der Waals surface area contributed by atoms with Crippen molar-refractivity contribution in [2.24, 2.45) is 0 Å². The normalized spacial score (nSPS) is 15.6. The first-order chi connectivity index (χ1) is 13.7. The van der Waals surface area contributed by atoms with Crippen LogP contribution in [-0.4, -0.2) is 73.6 Å². The van der Waals surface area contributed by atoms with Gasteiger partial charge in [-0.25, -0.2) is 8.42 Å². The quantitative estimate of drug-likeness (QED) is 0.738. The van der Waals surface area contributed by atoms with E-state index in [1.165, 1.54) is 4.31 Å². The molecule has 0 radical (unpaired) electrons. The highest BCUT2D eigenvalue weighted by atomic mass is 32.2. The van der Waals surface area contributed by atoms with Crippen LogP contribution in [0, 0.1) is 13.8 Å². The molecule has 0 unspecified atom stereocenters. The number of aromatic nitrogens is 2. The van der Waals surface area contributed by atoms with Crippen molar-refractivity contribution < 1.29 is 13.2 Å². The van der Waals surface area contributed by atoms with Crippen LogP contribution in [0.5, 0.6) is 0 Å². The highest BCUT2D eigenvalue weighted by Gasteiger charge is 2.34. The SMILES string of the molecule is CCn1nc(C)c(S(=O)(=O)N2CCN(C(=O)c3ccc(N(C)C)cc3)CC2)c1C. The van der Waals surface area contributed by atoms with Gasteiger partial charge < -0.3 is 9.80 Å². The second-order valence-electron chi connectivity index (χ2n) is 7.45. The molecule has 1 aromatic heterocycles. The average molecular weight is 420 g/mol. The molecule has 0 bridgehead atoms. The summed E-state index contributed by atoms with van der Waals surface area (Å²) < 4.78 is 29.5. The number of anilines is 1. The highest BCUT2D eigenvalue weighted by molar-refractivity contribution is 7.89. The van der Waals surface area contributed by atoms with Gasteiger partial charge in [-0.1, -0.05) is 0 Å². The van der Waals surface area contributed by atoms with Crippen LogP contribution in [0.15, 0.2) is 29.2 Å². The monoisotopic (exact) mass is 419 g/mol. The molecule has 0 N–H and O–H groups in total. The van der Waals surface area contributed by atoms with Gasteiger partial charge in [0, 0.05) is 58.1 Å². The molecule has 2 heterocycles. The van der Waals surface area contributed by atoms with E-state index in [2.05, 4.69) is 5.10 Å². The minimum Gasteiger partial charge on any atom is -0.378 e. The molecule has 2 aromatic rings. The molecule has 0 spiro atoms. The van der Waals surface area contributed by atoms with Gasteiger partial charge in [0.05, 0.1) is 11.4 Å². The van der Waals surface area contributed by atoms with E-state index in [1.54, 1.807) is 23.4 Å². The predicted molar refractivity (Wildman–Crippen MR) is 113 cm³/mol. The first kappa shape index (κ1) is 21.3. The molecule has 3 rings (SSSR count). The highest BCUT2D eigenvalue weighted by Crippen LogP contribution is 2.25. The fourth-order valence-electron chi connectivity index (χ4n) is 3.71. The van der Waals surface area contributed by atoms with Crippen molar-refractivity contribution in [1.82, 2.24) is 19.0 Å². The maximum absolute atomic E-state index is 13.2. The second-order valence-corrected chi connectivity index (χ2v) is 9.33. The Labute approximate surface area is 172 Å². The van der Waals surface area contributed by atoms with E-state index in [-0.39, 0.29) is 19.0 Å². The van der Waals surface area contributed by atoms with Crippen molar-refractivity contribution in [3.05, 3.63) is 41.2 Å². The molecule has 1 aromatic carbocycles. The molecule has 1 fully saturated rings. The van der Waals surface area contributed by atoms with Crippen molar-refractivity contribution in [1.29, 1.82) is 0 Å². The third kappa shape index (κ3) is 4.02. The van der Waals surface area contributed by atoms with E-state index in [9.17, 15) is 13.2 Å². The Balaban J connectivity index is 1.71. The predicted octanol–water partition coefficient (Wildman–Crippen LogP) is 1.73. The largest absolute Gasteiger partial charge is 0.378 e. The number of sulfonamides is 1. The van der Waals surface area contributed by atoms with Gasteiger partial charge in [0.15, 0.2) is 0 Å². The summed E-state index contributed by atoms with van der Waals surface area (Å²) in [5, 5.41) is 4.33. The van der Waals surface area contributed by atoms with Gasteiger partial charge >= 0.3 is 0 Å². The van der Waals surface area contributed by atoms with E-state index < -0.39 is 10.0 Å². The maximum Gasteiger partial charge on any atom is 0.253 e. The molecule has 0 atom stereocenters. The summed E-state index contributed by atoms with van der Waals surface area (Å²) in [5.74, 6) is -0.0708. The molecular weight excluding hydrogens is 390 g/mol. The zero-order chi connectivity index (χ0) is 21.3. The molecule has 1 saturated heterocycles. The van der Waals surface area contributed by atoms with Crippen LogP contribution in [0.1, 0.15) is 28.7 Å². The number of nitrogens with zero attached hydrogens (tertiary/aromatic N) is 5. The van der Waals surface area contributed by atoms with Gasteiger partial charge in [-0.2, -0.15) is 9.40 Å². The maximum atomic E-state index is 13.2. The number of rotatable bonds is 5. The second kappa shape index (κ2) is 8.16. The number of benzene rings is 1. The lowest BCUT2D eigenvalue weighted by Crippen LogP contribution is -2.50. The Bertz CT molecular complexity index is 988. The van der Waals surface area contributed by atoms with Gasteiger partial charge in [-0.05, 0) is 45.0 Å². The molecule has 1 aliphatic rings. The first-order valence-electron chi connectivity index (χ1n) is 9.77. The van der Waals surface area contributed by atoms with E-state index in [0.717, 1.165) is 5.69 Å². The third-order valence-electron chi connectivity index (χ3n) is 5.37. The van der Waals surface area contributed by atoms with Crippen LogP contribution in [0.2, 0.25) is 0 Å². The summed E-state index contributed by atoms with van der Waals surface area (Å²) in [5.41, 5.74) is 2.81. The standard InChI is InChI=1S/C20H29N5O3S/c1-6-25-16(3)19(15(2)21-25)29(27,28)24-13-11-23(12-14-24)20(26)17-7-9-18(10-8-17)22(4)5/h7-10H,6,11-14H2,1-5H3. The summed E-state index contributed by atoms with van der Waals surface area (Å²) in [6, 6.07) is 7.44. The van der Waals surface area contributed by atoms with Crippen LogP contribution in [0.25, 0.3) is 0 Å². The number of carbonyl (C=O) groups excluding carboxylic acids is 1. The van der Waals surface area contributed by atoms with E-state index in [0.29, 0.717) is 41.5 Å². The van der Waals surface area contributed by atoms with E-state index in [4.69, 9.17) is 0 Å². The van der Waals surface area contributed by atoms with Gasteiger partial charge in [0.1, 0.15) is 4.90 Å². The van der Waals surface area contributed by atoms with Crippen LogP contribution in [-0.2, 0) is 16.6 Å². The van der Waals surface area contributed by atoms with Crippen LogP contribution in [0.4, 0.5) is 5.69 Å². The number of carbonyl (C=O) groups is 1. The fourth-order valence-corrected chi connectivity index (χ4v) is 5.50. The van der Waals surface area contributed by atoms with Crippen molar-refractivity contribution >= 4 is 21.6 Å². The zero-order valence-electron chi connectivity index (χ0n) is 17.7. The van der Waals surface area contributed by atoms with Gasteiger partial charge in [0.2, 0.25) is 10.0 Å². The molecule has 1 aliphatic heterocycles. The number of amides is 1. The number of piperazine rings is 1. The smallest absolute Gasteiger partial charge is 0.253 e. The lowest BCUT2D eigenvalue weighted by atomic mass is 10.1. The van der Waals surface area contributed by atoms with Crippen molar-refractivity contribution in [2.45, 2.75) is 32.2 Å². The summed E-state index contributed by atoms with van der Waals surface area (Å²) >= 11 is 0. The topological polar surface area (TPSA) is 78.8 Å². The number of hydrogen-bond acceptors (Lipinski definition) is 5. The van der Waals surface area contributed by atoms with Crippen LogP contribution >= 0.6 is 0 Å². The minimum absolute atomic E-state index is 0.0708. The third-order valence-corrected chi connectivity index (χ3v) is 7.52. The van der Waals surface area contributed by atoms with Gasteiger partial charge in [0.25, 0.3) is 5.91 Å². The number of hydrogen-bond donors (Lipinski definition) is 0. The Morgan fingerprint density at radius 1 is 1.07 bits per heavy atom. The van der Waals surface area contributed by atoms with Crippen LogP contribution in [0.3, 0.4) is 0 Å². The van der Waals surface area contributed by atoms with Crippen molar-refractivity contribution in [2.75, 3.05) is 45.2 Å². The Kier molecular flexibility index (Phi) is 6.00. The summed E-state index contributed by atoms with van der Waals surface area (Å²) in [6.07, 6.45) is 0. The average Bonchev–Trinajstić information content (AvgIpc) is 3.01. The van der Waals surface area contributed by atoms with Gasteiger partial charge in [-0.3, -0.25) is 9.48 Å². The molecule has 9 heteroatoms. The molecule has 29 heavy (non-hydrogen) atoms. The van der Waals surface area contributed by atoms with E-state index in [1.807, 2.05) is 50.2 Å². The number of aryl methyl sites for hydroxylation is 2. The molecule has 1 amide bonds. The molecular formula is C20H29N5O3S. The van der Waals surface area contributed by atoms with Gasteiger partial charge in [-0.15, -0.1) is 0 Å². The summed E-state index contributed by atoms with van der Waals surface area (Å²) in [7, 11) is 0.262. The molecule has 158 valence electrons. The molecule has 0 aliphatic carbocycles. The fraction of sp³-hybridized carbons (Fsp3) is 0.500. The lowest BCUT2D eigenvalue weighted by Gasteiger charge is -2.34. The lowest BCUT2D eigenvalue weighted by molar-refractivity contribution is 0.0698. The Hall–Kier alpha value is -2.39. The summed E-state index contributed by atoms with van der Waals surface area (Å²) in [6.45, 7) is 7.36. The Morgan fingerprint density at radius 3 is 2.14 bits per heavy atom. The zero-order valence-corrected chi connectivity index (χ0v) is 18.5. The first-order valence-corrected chi connectivity index (χ1v) is 11.2. The molecule has 0 saturated carbocycles. The molecule has 8 nitrogen and oxygen atoms in total. The van der Waals surface area contributed by atoms with Crippen LogP contribution < -0.4 is 4.90 Å².